The van der Waals surface area contributed by atoms with Crippen LogP contribution in [0.1, 0.15) is 21.6 Å². The maximum atomic E-state index is 11.6. The average Bonchev–Trinajstić information content (AvgIpc) is 3.29. The molecule has 0 atom stereocenters. The summed E-state index contributed by atoms with van der Waals surface area (Å²) < 4.78 is 16.8. The summed E-state index contributed by atoms with van der Waals surface area (Å²) in [6.45, 7) is 0.352. The van der Waals surface area contributed by atoms with Gasteiger partial charge in [0.15, 0.2) is 0 Å². The molecular weight excluding hydrogens is 464 g/mol. The first-order valence-corrected chi connectivity index (χ1v) is 10.4. The molecule has 4 rings (SSSR count). The molecule has 0 aliphatic heterocycles. The lowest BCUT2D eigenvalue weighted by Crippen LogP contribution is -2.03. The second-order valence-corrected chi connectivity index (χ2v) is 7.51. The highest BCUT2D eigenvalue weighted by atomic mass is 35.5. The van der Waals surface area contributed by atoms with Crippen molar-refractivity contribution in [3.63, 3.8) is 0 Å². The average molecular weight is 481 g/mol. The number of halogens is 1. The number of carboxylic acids is 1. The lowest BCUT2D eigenvalue weighted by Gasteiger charge is -2.14. The van der Waals surface area contributed by atoms with Crippen molar-refractivity contribution in [1.82, 2.24) is 5.16 Å². The highest BCUT2D eigenvalue weighted by molar-refractivity contribution is 6.32. The van der Waals surface area contributed by atoms with E-state index in [1.165, 1.54) is 12.1 Å². The van der Waals surface area contributed by atoms with Crippen molar-refractivity contribution < 1.29 is 28.8 Å². The zero-order valence-corrected chi connectivity index (χ0v) is 18.3. The van der Waals surface area contributed by atoms with Crippen molar-refractivity contribution in [2.75, 3.05) is 0 Å². The number of benzene rings is 3. The zero-order valence-electron chi connectivity index (χ0n) is 17.5. The highest BCUT2D eigenvalue weighted by Gasteiger charge is 2.34. The molecule has 0 saturated heterocycles. The van der Waals surface area contributed by atoms with Gasteiger partial charge in [-0.25, -0.2) is 4.79 Å². The van der Waals surface area contributed by atoms with Gasteiger partial charge in [0.2, 0.25) is 5.76 Å². The van der Waals surface area contributed by atoms with Crippen LogP contribution in [0.4, 0.5) is 5.69 Å². The number of nitrogens with zero attached hydrogens (tertiary/aromatic N) is 2. The summed E-state index contributed by atoms with van der Waals surface area (Å²) in [4.78, 5) is 22.2. The third kappa shape index (κ3) is 5.00. The fraction of sp³-hybridized carbons (Fsp3) is 0.0833. The number of carboxylic acid groups (broad SMARTS) is 1. The third-order valence-electron chi connectivity index (χ3n) is 4.81. The predicted molar refractivity (Wildman–Crippen MR) is 122 cm³/mol. The number of ether oxygens (including phenoxy) is 2. The van der Waals surface area contributed by atoms with E-state index in [1.54, 1.807) is 0 Å². The Hall–Kier alpha value is -4.37. The molecule has 9 nitrogen and oxygen atoms in total. The summed E-state index contributed by atoms with van der Waals surface area (Å²) >= 11 is 6.41. The number of carbonyl (C=O) groups is 1. The molecule has 0 fully saturated rings. The van der Waals surface area contributed by atoms with Crippen LogP contribution >= 0.6 is 11.6 Å². The molecule has 0 aliphatic carbocycles. The van der Waals surface area contributed by atoms with E-state index in [0.717, 1.165) is 11.1 Å². The first-order chi connectivity index (χ1) is 16.4. The number of hydrogen-bond donors (Lipinski definition) is 1. The number of aromatic nitrogens is 1. The Morgan fingerprint density at radius 3 is 2.06 bits per heavy atom. The number of aromatic carboxylic acids is 1. The van der Waals surface area contributed by atoms with Crippen LogP contribution in [-0.2, 0) is 13.2 Å². The summed E-state index contributed by atoms with van der Waals surface area (Å²) in [6.07, 6.45) is 0. The van der Waals surface area contributed by atoms with Gasteiger partial charge in [-0.3, -0.25) is 10.1 Å². The van der Waals surface area contributed by atoms with Gasteiger partial charge in [-0.15, -0.1) is 0 Å². The highest BCUT2D eigenvalue weighted by Crippen LogP contribution is 2.43. The molecule has 34 heavy (non-hydrogen) atoms. The van der Waals surface area contributed by atoms with Gasteiger partial charge in [-0.2, -0.15) is 0 Å². The van der Waals surface area contributed by atoms with Crippen LogP contribution in [0.15, 0.2) is 77.3 Å². The van der Waals surface area contributed by atoms with Gasteiger partial charge < -0.3 is 19.1 Å². The maximum Gasteiger partial charge on any atom is 0.365 e. The van der Waals surface area contributed by atoms with Gasteiger partial charge in [0, 0.05) is 6.07 Å². The third-order valence-corrected chi connectivity index (χ3v) is 5.10. The van der Waals surface area contributed by atoms with Crippen LogP contribution in [0.25, 0.3) is 11.3 Å². The smallest absolute Gasteiger partial charge is 0.365 e. The molecule has 10 heteroatoms. The first kappa shape index (κ1) is 22.8. The van der Waals surface area contributed by atoms with E-state index in [-0.39, 0.29) is 41.1 Å². The first-order valence-electron chi connectivity index (χ1n) is 9.98. The van der Waals surface area contributed by atoms with E-state index in [0.29, 0.717) is 0 Å². The Bertz CT molecular complexity index is 1320. The van der Waals surface area contributed by atoms with Crippen molar-refractivity contribution in [3.05, 3.63) is 105 Å². The summed E-state index contributed by atoms with van der Waals surface area (Å²) in [7, 11) is 0. The van der Waals surface area contributed by atoms with Crippen LogP contribution in [0.3, 0.4) is 0 Å². The predicted octanol–water partition coefficient (Wildman–Crippen LogP) is 5.76. The molecule has 0 amide bonds. The van der Waals surface area contributed by atoms with Gasteiger partial charge in [0.05, 0.1) is 15.5 Å². The molecule has 0 spiro atoms. The van der Waals surface area contributed by atoms with Gasteiger partial charge >= 0.3 is 11.7 Å². The van der Waals surface area contributed by atoms with Crippen molar-refractivity contribution in [2.45, 2.75) is 13.2 Å². The molecule has 0 bridgehead atoms. The minimum absolute atomic E-state index is 0.0692. The van der Waals surface area contributed by atoms with E-state index in [2.05, 4.69) is 5.16 Å². The fourth-order valence-corrected chi connectivity index (χ4v) is 3.40. The molecule has 0 unspecified atom stereocenters. The van der Waals surface area contributed by atoms with Crippen LogP contribution in [-0.4, -0.2) is 21.2 Å². The minimum Gasteiger partial charge on any atom is -0.488 e. The lowest BCUT2D eigenvalue weighted by molar-refractivity contribution is -0.384. The van der Waals surface area contributed by atoms with Crippen molar-refractivity contribution >= 4 is 23.3 Å². The largest absolute Gasteiger partial charge is 0.488 e. The molecule has 0 radical (unpaired) electrons. The Morgan fingerprint density at radius 1 is 0.971 bits per heavy atom. The SMILES string of the molecule is O=C(O)c1noc(-c2cc(Cl)c(OCc3ccccc3)cc2OCc2ccccc2)c1[N+](=O)[O-]. The summed E-state index contributed by atoms with van der Waals surface area (Å²) in [5, 5.41) is 24.4. The van der Waals surface area contributed by atoms with Crippen molar-refractivity contribution in [2.24, 2.45) is 0 Å². The molecule has 1 N–H and O–H groups in total. The topological polar surface area (TPSA) is 125 Å². The van der Waals surface area contributed by atoms with E-state index in [4.69, 9.17) is 25.6 Å². The minimum atomic E-state index is -1.60. The molecule has 172 valence electrons. The van der Waals surface area contributed by atoms with Gasteiger partial charge in [0.1, 0.15) is 24.7 Å². The molecule has 3 aromatic carbocycles. The second-order valence-electron chi connectivity index (χ2n) is 7.10. The number of rotatable bonds is 9. The van der Waals surface area contributed by atoms with Crippen LogP contribution in [0.5, 0.6) is 11.5 Å². The molecule has 0 saturated carbocycles. The van der Waals surface area contributed by atoms with Crippen molar-refractivity contribution in [3.8, 4) is 22.8 Å². The van der Waals surface area contributed by atoms with E-state index in [1.807, 2.05) is 60.7 Å². The normalized spacial score (nSPS) is 10.6. The summed E-state index contributed by atoms with van der Waals surface area (Å²) in [6, 6.07) is 21.5. The van der Waals surface area contributed by atoms with Crippen molar-refractivity contribution in [1.29, 1.82) is 0 Å². The van der Waals surface area contributed by atoms with E-state index in [9.17, 15) is 20.0 Å². The zero-order chi connectivity index (χ0) is 24.1. The van der Waals surface area contributed by atoms with Crippen LogP contribution in [0.2, 0.25) is 5.02 Å². The summed E-state index contributed by atoms with van der Waals surface area (Å²) in [5.41, 5.74) is 0.195. The number of nitro groups is 1. The number of hydrogen-bond acceptors (Lipinski definition) is 7. The van der Waals surface area contributed by atoms with Crippen LogP contribution < -0.4 is 9.47 Å². The Morgan fingerprint density at radius 2 is 1.53 bits per heavy atom. The Labute approximate surface area is 198 Å². The summed E-state index contributed by atoms with van der Waals surface area (Å²) in [5.74, 6) is -1.56. The molecule has 1 aromatic heterocycles. The fourth-order valence-electron chi connectivity index (χ4n) is 3.18. The maximum absolute atomic E-state index is 11.6. The molecule has 0 aliphatic rings. The van der Waals surface area contributed by atoms with Gasteiger partial charge in [-0.05, 0) is 17.2 Å². The van der Waals surface area contributed by atoms with Gasteiger partial charge in [-0.1, -0.05) is 77.4 Å². The lowest BCUT2D eigenvalue weighted by atomic mass is 10.1. The standard InChI is InChI=1S/C24H17ClN2O7/c25-18-11-17(23-22(27(30)31)21(24(28)29)26-34-23)19(32-13-15-7-3-1-4-8-15)12-20(18)33-14-16-9-5-2-6-10-16/h1-12H,13-14H2,(H,28,29). The van der Waals surface area contributed by atoms with Crippen LogP contribution in [0, 0.1) is 10.1 Å². The molecule has 4 aromatic rings. The second kappa shape index (κ2) is 10.1. The monoisotopic (exact) mass is 480 g/mol. The Kier molecular flexibility index (Phi) is 6.74. The van der Waals surface area contributed by atoms with E-state index < -0.39 is 22.3 Å². The van der Waals surface area contributed by atoms with Gasteiger partial charge in [0.25, 0.3) is 5.69 Å². The quantitative estimate of drug-likeness (QED) is 0.237. The Balaban J connectivity index is 1.75. The molecular formula is C24H17ClN2O7. The van der Waals surface area contributed by atoms with E-state index >= 15 is 0 Å². The molecule has 1 heterocycles.